The van der Waals surface area contributed by atoms with Crippen LogP contribution in [0.1, 0.15) is 28.5 Å². The zero-order valence-electron chi connectivity index (χ0n) is 17.0. The van der Waals surface area contributed by atoms with Crippen LogP contribution in [0.15, 0.2) is 48.5 Å². The highest BCUT2D eigenvalue weighted by atomic mass is 35.5. The van der Waals surface area contributed by atoms with Crippen LogP contribution in [0.5, 0.6) is 5.75 Å². The summed E-state index contributed by atoms with van der Waals surface area (Å²) in [6, 6.07) is 12.6. The molecule has 1 heterocycles. The maximum Gasteiger partial charge on any atom is 0.344 e. The summed E-state index contributed by atoms with van der Waals surface area (Å²) in [4.78, 5) is 24.2. The van der Waals surface area contributed by atoms with Gasteiger partial charge in [0, 0.05) is 11.8 Å². The minimum Gasteiger partial charge on any atom is -0.482 e. The summed E-state index contributed by atoms with van der Waals surface area (Å²) in [5.74, 6) is -0.844. The molecule has 1 N–H and O–H groups in total. The highest BCUT2D eigenvalue weighted by Gasteiger charge is 2.21. The van der Waals surface area contributed by atoms with Crippen molar-refractivity contribution in [2.75, 3.05) is 18.5 Å². The van der Waals surface area contributed by atoms with Gasteiger partial charge in [0.25, 0.3) is 5.91 Å². The van der Waals surface area contributed by atoms with Crippen LogP contribution in [0.2, 0.25) is 5.15 Å². The van der Waals surface area contributed by atoms with E-state index in [1.165, 1.54) is 16.8 Å². The Hall–Kier alpha value is -3.39. The van der Waals surface area contributed by atoms with Crippen LogP contribution in [0.25, 0.3) is 0 Å². The fraction of sp³-hybridized carbons (Fsp3) is 0.227. The third kappa shape index (κ3) is 5.82. The largest absolute Gasteiger partial charge is 0.482 e. The third-order valence-electron chi connectivity index (χ3n) is 4.29. The van der Waals surface area contributed by atoms with Gasteiger partial charge < -0.3 is 14.8 Å². The van der Waals surface area contributed by atoms with E-state index < -0.39 is 11.9 Å². The second kappa shape index (κ2) is 10.1. The van der Waals surface area contributed by atoms with Gasteiger partial charge in [0.15, 0.2) is 6.61 Å². The number of esters is 1. The summed E-state index contributed by atoms with van der Waals surface area (Å²) < 4.78 is 24.8. The Bertz CT molecular complexity index is 1080. The van der Waals surface area contributed by atoms with Gasteiger partial charge in [0.05, 0.1) is 24.4 Å². The molecule has 0 aliphatic rings. The van der Waals surface area contributed by atoms with E-state index in [2.05, 4.69) is 10.4 Å². The van der Waals surface area contributed by atoms with Crippen molar-refractivity contribution in [2.24, 2.45) is 0 Å². The zero-order chi connectivity index (χ0) is 22.4. The molecule has 3 rings (SSSR count). The monoisotopic (exact) mass is 445 g/mol. The van der Waals surface area contributed by atoms with Crippen LogP contribution in [0, 0.1) is 12.7 Å². The number of aryl methyl sites for hydroxylation is 1. The van der Waals surface area contributed by atoms with E-state index in [-0.39, 0.29) is 29.7 Å². The Kier molecular flexibility index (Phi) is 7.25. The van der Waals surface area contributed by atoms with Crippen molar-refractivity contribution in [1.82, 2.24) is 9.78 Å². The Labute approximate surface area is 183 Å². The smallest absolute Gasteiger partial charge is 0.344 e. The van der Waals surface area contributed by atoms with E-state index in [9.17, 15) is 14.0 Å². The van der Waals surface area contributed by atoms with Crippen molar-refractivity contribution in [3.05, 3.63) is 76.3 Å². The number of benzene rings is 2. The van der Waals surface area contributed by atoms with Gasteiger partial charge in [-0.2, -0.15) is 5.10 Å². The molecule has 0 aliphatic heterocycles. The fourth-order valence-corrected chi connectivity index (χ4v) is 3.20. The van der Waals surface area contributed by atoms with Gasteiger partial charge in [-0.15, -0.1) is 0 Å². The molecule has 0 atom stereocenters. The Balaban J connectivity index is 1.70. The van der Waals surface area contributed by atoms with E-state index >= 15 is 0 Å². The average Bonchev–Trinajstić information content (AvgIpc) is 3.01. The molecule has 0 aliphatic carbocycles. The van der Waals surface area contributed by atoms with Gasteiger partial charge in [-0.25, -0.2) is 13.9 Å². The predicted octanol–water partition coefficient (Wildman–Crippen LogP) is 4.23. The molecule has 9 heteroatoms. The molecule has 1 aromatic heterocycles. The second-order valence-electron chi connectivity index (χ2n) is 6.61. The van der Waals surface area contributed by atoms with E-state index in [1.54, 1.807) is 50.2 Å². The lowest BCUT2D eigenvalue weighted by Gasteiger charge is -2.09. The predicted molar refractivity (Wildman–Crippen MR) is 114 cm³/mol. The minimum absolute atomic E-state index is 0.175. The lowest BCUT2D eigenvalue weighted by Crippen LogP contribution is -2.15. The molecule has 0 radical (unpaired) electrons. The van der Waals surface area contributed by atoms with Crippen LogP contribution < -0.4 is 10.1 Å². The number of carbonyl (C=O) groups is 2. The number of aromatic nitrogens is 2. The molecule has 0 saturated heterocycles. The van der Waals surface area contributed by atoms with Crippen molar-refractivity contribution in [3.63, 3.8) is 0 Å². The molecule has 0 spiro atoms. The van der Waals surface area contributed by atoms with Crippen LogP contribution in [-0.4, -0.2) is 34.9 Å². The van der Waals surface area contributed by atoms with Crippen molar-refractivity contribution in [3.8, 4) is 5.75 Å². The molecule has 0 saturated carbocycles. The van der Waals surface area contributed by atoms with E-state index in [0.29, 0.717) is 23.7 Å². The van der Waals surface area contributed by atoms with Gasteiger partial charge in [0.2, 0.25) is 0 Å². The van der Waals surface area contributed by atoms with E-state index in [1.807, 2.05) is 0 Å². The SMILES string of the molecule is CCOC(=O)COc1cccc(NC(=O)c2c(C)nn(Cc3ccc(F)cc3)c2Cl)c1. The first kappa shape index (κ1) is 22.3. The van der Waals surface area contributed by atoms with Crippen molar-refractivity contribution >= 4 is 29.2 Å². The maximum atomic E-state index is 13.1. The quantitative estimate of drug-likeness (QED) is 0.525. The van der Waals surface area contributed by atoms with Gasteiger partial charge in [0.1, 0.15) is 16.7 Å². The van der Waals surface area contributed by atoms with E-state index in [4.69, 9.17) is 21.1 Å². The van der Waals surface area contributed by atoms with Gasteiger partial charge in [-0.1, -0.05) is 29.8 Å². The summed E-state index contributed by atoms with van der Waals surface area (Å²) >= 11 is 6.41. The molecule has 1 amide bonds. The molecule has 0 unspecified atom stereocenters. The van der Waals surface area contributed by atoms with Crippen molar-refractivity contribution < 1.29 is 23.5 Å². The Morgan fingerprint density at radius 1 is 1.19 bits per heavy atom. The number of hydrogen-bond acceptors (Lipinski definition) is 5. The lowest BCUT2D eigenvalue weighted by atomic mass is 10.2. The fourth-order valence-electron chi connectivity index (χ4n) is 2.88. The molecule has 3 aromatic rings. The number of carbonyl (C=O) groups excluding carboxylic acids is 2. The second-order valence-corrected chi connectivity index (χ2v) is 6.97. The van der Waals surface area contributed by atoms with Crippen molar-refractivity contribution in [2.45, 2.75) is 20.4 Å². The standard InChI is InChI=1S/C22H21ClFN3O4/c1-3-30-19(28)13-31-18-6-4-5-17(11-18)25-22(29)20-14(2)26-27(21(20)23)12-15-7-9-16(24)10-8-15/h4-11H,3,12-13H2,1-2H3,(H,25,29). The summed E-state index contributed by atoms with van der Waals surface area (Å²) in [6.45, 7) is 3.73. The number of amides is 1. The summed E-state index contributed by atoms with van der Waals surface area (Å²) in [7, 11) is 0. The average molecular weight is 446 g/mol. The number of nitrogens with zero attached hydrogens (tertiary/aromatic N) is 2. The number of anilines is 1. The number of rotatable bonds is 8. The molecule has 7 nitrogen and oxygen atoms in total. The van der Waals surface area contributed by atoms with Gasteiger partial charge in [-0.3, -0.25) is 4.79 Å². The molecular formula is C22H21ClFN3O4. The van der Waals surface area contributed by atoms with E-state index in [0.717, 1.165) is 5.56 Å². The molecule has 162 valence electrons. The normalized spacial score (nSPS) is 10.6. The topological polar surface area (TPSA) is 82.4 Å². The van der Waals surface area contributed by atoms with Gasteiger partial charge >= 0.3 is 5.97 Å². The highest BCUT2D eigenvalue weighted by molar-refractivity contribution is 6.33. The molecule has 0 bridgehead atoms. The maximum absolute atomic E-state index is 13.1. The zero-order valence-corrected chi connectivity index (χ0v) is 17.8. The number of halogens is 2. The first-order valence-electron chi connectivity index (χ1n) is 9.54. The number of hydrogen-bond donors (Lipinski definition) is 1. The number of nitrogens with one attached hydrogen (secondary N) is 1. The molecular weight excluding hydrogens is 425 g/mol. The van der Waals surface area contributed by atoms with Crippen LogP contribution in [-0.2, 0) is 16.1 Å². The van der Waals surface area contributed by atoms with Crippen LogP contribution in [0.3, 0.4) is 0 Å². The Morgan fingerprint density at radius 2 is 1.94 bits per heavy atom. The molecule has 0 fully saturated rings. The first-order chi connectivity index (χ1) is 14.9. The van der Waals surface area contributed by atoms with Crippen molar-refractivity contribution in [1.29, 1.82) is 0 Å². The Morgan fingerprint density at radius 3 is 2.65 bits per heavy atom. The van der Waals surface area contributed by atoms with Gasteiger partial charge in [-0.05, 0) is 43.7 Å². The molecule has 31 heavy (non-hydrogen) atoms. The summed E-state index contributed by atoms with van der Waals surface area (Å²) in [5, 5.41) is 7.26. The minimum atomic E-state index is -0.479. The van der Waals surface area contributed by atoms with Crippen LogP contribution >= 0.6 is 11.6 Å². The first-order valence-corrected chi connectivity index (χ1v) is 9.92. The van der Waals surface area contributed by atoms with Crippen LogP contribution in [0.4, 0.5) is 10.1 Å². The molecule has 2 aromatic carbocycles. The third-order valence-corrected chi connectivity index (χ3v) is 4.68. The summed E-state index contributed by atoms with van der Waals surface area (Å²) in [5.41, 5.74) is 1.96. The summed E-state index contributed by atoms with van der Waals surface area (Å²) in [6.07, 6.45) is 0. The lowest BCUT2D eigenvalue weighted by molar-refractivity contribution is -0.145. The number of ether oxygens (including phenoxy) is 2. The highest BCUT2D eigenvalue weighted by Crippen LogP contribution is 2.24.